The minimum atomic E-state index is -3.20. The van der Waals surface area contributed by atoms with E-state index in [2.05, 4.69) is 6.92 Å². The molecule has 0 aliphatic heterocycles. The summed E-state index contributed by atoms with van der Waals surface area (Å²) < 4.78 is 35.2. The highest BCUT2D eigenvalue weighted by molar-refractivity contribution is 5.39. The molecule has 0 saturated heterocycles. The zero-order valence-electron chi connectivity index (χ0n) is 18.2. The first-order valence-electron chi connectivity index (χ1n) is 11.4. The third-order valence-corrected chi connectivity index (χ3v) is 7.29. The highest BCUT2D eigenvalue weighted by Gasteiger charge is 2.40. The normalized spacial score (nSPS) is 29.1. The van der Waals surface area contributed by atoms with Crippen molar-refractivity contribution < 1.29 is 13.5 Å². The number of hydrogen-bond donors (Lipinski definition) is 0. The van der Waals surface area contributed by atoms with Crippen molar-refractivity contribution in [2.75, 3.05) is 0 Å². The lowest BCUT2D eigenvalue weighted by Gasteiger charge is -2.35. The van der Waals surface area contributed by atoms with Crippen LogP contribution in [0, 0.1) is 38.5 Å². The van der Waals surface area contributed by atoms with Gasteiger partial charge in [-0.25, -0.2) is 0 Å². The minimum Gasteiger partial charge on any atom is -0.313 e. The quantitative estimate of drug-likeness (QED) is 0.479. The SMILES string of the molecule is CCC1CCC(CC2CCC(OC(F)(F)c3c(C)cc(C)cc3C)CC2)CC1. The van der Waals surface area contributed by atoms with Crippen LogP contribution in [0.15, 0.2) is 12.1 Å². The fourth-order valence-corrected chi connectivity index (χ4v) is 5.74. The van der Waals surface area contributed by atoms with Crippen LogP contribution in [0.4, 0.5) is 8.78 Å². The van der Waals surface area contributed by atoms with Gasteiger partial charge in [0.25, 0.3) is 0 Å². The number of benzene rings is 1. The molecule has 2 saturated carbocycles. The van der Waals surface area contributed by atoms with Gasteiger partial charge < -0.3 is 4.74 Å². The Bertz CT molecular complexity index is 615. The van der Waals surface area contributed by atoms with Crippen LogP contribution in [-0.2, 0) is 10.8 Å². The first kappa shape index (κ1) is 21.7. The van der Waals surface area contributed by atoms with Crippen LogP contribution in [-0.4, -0.2) is 6.10 Å². The Kier molecular flexibility index (Phi) is 7.17. The molecule has 0 atom stereocenters. The van der Waals surface area contributed by atoms with Gasteiger partial charge in [-0.15, -0.1) is 0 Å². The van der Waals surface area contributed by atoms with Gasteiger partial charge in [0.2, 0.25) is 0 Å². The third kappa shape index (κ3) is 5.34. The summed E-state index contributed by atoms with van der Waals surface area (Å²) in [6.07, 6.45) is 8.27. The summed E-state index contributed by atoms with van der Waals surface area (Å²) in [6, 6.07) is 3.65. The van der Waals surface area contributed by atoms with E-state index >= 15 is 0 Å². The Morgan fingerprint density at radius 3 is 1.79 bits per heavy atom. The smallest absolute Gasteiger partial charge is 0.313 e. The Hall–Kier alpha value is -0.960. The van der Waals surface area contributed by atoms with Crippen molar-refractivity contribution in [2.45, 2.75) is 104 Å². The fourth-order valence-electron chi connectivity index (χ4n) is 5.74. The molecule has 2 aliphatic rings. The van der Waals surface area contributed by atoms with Crippen LogP contribution in [0.25, 0.3) is 0 Å². The van der Waals surface area contributed by atoms with Gasteiger partial charge in [0.1, 0.15) is 0 Å². The predicted octanol–water partition coefficient (Wildman–Crippen LogP) is 7.84. The molecule has 1 aromatic carbocycles. The summed E-state index contributed by atoms with van der Waals surface area (Å²) in [5.41, 5.74) is 2.33. The zero-order chi connectivity index (χ0) is 20.3. The van der Waals surface area contributed by atoms with Crippen LogP contribution in [0.3, 0.4) is 0 Å². The van der Waals surface area contributed by atoms with E-state index in [4.69, 9.17) is 4.74 Å². The van der Waals surface area contributed by atoms with Gasteiger partial charge in [-0.1, -0.05) is 56.7 Å². The molecule has 3 heteroatoms. The largest absolute Gasteiger partial charge is 0.384 e. The van der Waals surface area contributed by atoms with Gasteiger partial charge >= 0.3 is 6.11 Å². The number of halogens is 2. The predicted molar refractivity (Wildman–Crippen MR) is 112 cm³/mol. The first-order chi connectivity index (χ1) is 13.3. The molecule has 158 valence electrons. The summed E-state index contributed by atoms with van der Waals surface area (Å²) in [5, 5.41) is 0. The molecule has 3 rings (SSSR count). The van der Waals surface area contributed by atoms with Gasteiger partial charge in [-0.05, 0) is 81.8 Å². The van der Waals surface area contributed by atoms with Crippen molar-refractivity contribution in [3.63, 3.8) is 0 Å². The average Bonchev–Trinajstić information content (AvgIpc) is 2.62. The van der Waals surface area contributed by atoms with Crippen LogP contribution < -0.4 is 0 Å². The Morgan fingerprint density at radius 2 is 1.29 bits per heavy atom. The number of ether oxygens (including phenoxy) is 1. The second-order valence-corrected chi connectivity index (χ2v) is 9.58. The van der Waals surface area contributed by atoms with E-state index in [1.165, 1.54) is 38.5 Å². The topological polar surface area (TPSA) is 9.23 Å². The average molecular weight is 393 g/mol. The summed E-state index contributed by atoms with van der Waals surface area (Å²) in [4.78, 5) is 0. The number of rotatable bonds is 6. The van der Waals surface area contributed by atoms with Gasteiger partial charge in [0, 0.05) is 0 Å². The Labute approximate surface area is 170 Å². The van der Waals surface area contributed by atoms with Crippen LogP contribution >= 0.6 is 0 Å². The second-order valence-electron chi connectivity index (χ2n) is 9.58. The maximum Gasteiger partial charge on any atom is 0.384 e. The molecule has 0 amide bonds. The lowest BCUT2D eigenvalue weighted by Crippen LogP contribution is -2.31. The van der Waals surface area contributed by atoms with Crippen LogP contribution in [0.2, 0.25) is 0 Å². The minimum absolute atomic E-state index is 0.0629. The summed E-state index contributed by atoms with van der Waals surface area (Å²) in [6.45, 7) is 7.77. The fraction of sp³-hybridized carbons (Fsp3) is 0.760. The summed E-state index contributed by atoms with van der Waals surface area (Å²) in [5.74, 6) is 2.51. The van der Waals surface area contributed by atoms with Gasteiger partial charge in [0.05, 0.1) is 11.7 Å². The zero-order valence-corrected chi connectivity index (χ0v) is 18.2. The molecule has 0 heterocycles. The molecule has 28 heavy (non-hydrogen) atoms. The number of aryl methyl sites for hydroxylation is 3. The van der Waals surface area contributed by atoms with E-state index in [0.29, 0.717) is 17.0 Å². The molecule has 0 radical (unpaired) electrons. The molecular formula is C25H38F2O. The molecule has 0 spiro atoms. The summed E-state index contributed by atoms with van der Waals surface area (Å²) >= 11 is 0. The highest BCUT2D eigenvalue weighted by atomic mass is 19.3. The van der Waals surface area contributed by atoms with E-state index in [-0.39, 0.29) is 11.7 Å². The van der Waals surface area contributed by atoms with Crippen molar-refractivity contribution in [3.8, 4) is 0 Å². The standard InChI is InChI=1S/C25H38F2O/c1-5-20-6-8-21(9-7-20)16-22-10-12-23(13-11-22)28-25(26,27)24-18(3)14-17(2)15-19(24)4/h14-15,20-23H,5-13,16H2,1-4H3. The van der Waals surface area contributed by atoms with Gasteiger partial charge in [0.15, 0.2) is 0 Å². The maximum atomic E-state index is 14.9. The lowest BCUT2D eigenvalue weighted by atomic mass is 9.74. The van der Waals surface area contributed by atoms with E-state index in [1.807, 2.05) is 19.1 Å². The molecule has 0 unspecified atom stereocenters. The van der Waals surface area contributed by atoms with Crippen molar-refractivity contribution in [2.24, 2.45) is 17.8 Å². The van der Waals surface area contributed by atoms with Crippen molar-refractivity contribution in [1.82, 2.24) is 0 Å². The monoisotopic (exact) mass is 392 g/mol. The third-order valence-electron chi connectivity index (χ3n) is 7.29. The van der Waals surface area contributed by atoms with E-state index in [0.717, 1.165) is 43.1 Å². The Morgan fingerprint density at radius 1 is 0.821 bits per heavy atom. The summed E-state index contributed by atoms with van der Waals surface area (Å²) in [7, 11) is 0. The van der Waals surface area contributed by atoms with Gasteiger partial charge in [-0.2, -0.15) is 8.78 Å². The molecule has 1 nitrogen and oxygen atoms in total. The van der Waals surface area contributed by atoms with Crippen LogP contribution in [0.5, 0.6) is 0 Å². The van der Waals surface area contributed by atoms with E-state index < -0.39 is 6.11 Å². The van der Waals surface area contributed by atoms with Crippen molar-refractivity contribution in [3.05, 3.63) is 34.4 Å². The van der Waals surface area contributed by atoms with E-state index in [9.17, 15) is 8.78 Å². The Balaban J connectivity index is 1.50. The van der Waals surface area contributed by atoms with Gasteiger partial charge in [-0.3, -0.25) is 0 Å². The van der Waals surface area contributed by atoms with Crippen molar-refractivity contribution >= 4 is 0 Å². The van der Waals surface area contributed by atoms with E-state index in [1.54, 1.807) is 13.8 Å². The number of alkyl halides is 2. The second kappa shape index (κ2) is 9.24. The van der Waals surface area contributed by atoms with Crippen LogP contribution in [0.1, 0.15) is 93.4 Å². The molecule has 2 aliphatic carbocycles. The van der Waals surface area contributed by atoms with Crippen molar-refractivity contribution in [1.29, 1.82) is 0 Å². The molecule has 0 aromatic heterocycles. The maximum absolute atomic E-state index is 14.9. The molecular weight excluding hydrogens is 354 g/mol. The lowest BCUT2D eigenvalue weighted by molar-refractivity contribution is -0.278. The first-order valence-corrected chi connectivity index (χ1v) is 11.4. The molecule has 1 aromatic rings. The highest BCUT2D eigenvalue weighted by Crippen LogP contribution is 2.41. The molecule has 0 N–H and O–H groups in total. The number of hydrogen-bond acceptors (Lipinski definition) is 1. The molecule has 2 fully saturated rings. The molecule has 0 bridgehead atoms.